The molecule has 3 heterocycles. The standard InChI is InChI=1S/C21H27ClN2O5/c1-21(2,3)29-20(26)24-11-14-9-23(10-15(14)12-24)18(25)8-13-6-16(22)19-17(7-13)27-4-5-28-19/h6-7,14-15H,4-5,8-12H2,1-3H3/t14-,15+. The summed E-state index contributed by atoms with van der Waals surface area (Å²) in [5.41, 5.74) is 0.318. The van der Waals surface area contributed by atoms with Gasteiger partial charge < -0.3 is 24.0 Å². The quantitative estimate of drug-likeness (QED) is 0.732. The number of amides is 2. The van der Waals surface area contributed by atoms with Crippen LogP contribution in [0.25, 0.3) is 0 Å². The molecule has 3 aliphatic heterocycles. The molecule has 7 nitrogen and oxygen atoms in total. The number of carbonyl (C=O) groups is 2. The van der Waals surface area contributed by atoms with Crippen molar-refractivity contribution in [1.82, 2.24) is 9.80 Å². The number of fused-ring (bicyclic) bond motifs is 2. The van der Waals surface area contributed by atoms with Gasteiger partial charge in [-0.25, -0.2) is 4.79 Å². The van der Waals surface area contributed by atoms with Crippen LogP contribution in [0.2, 0.25) is 5.02 Å². The number of halogens is 1. The summed E-state index contributed by atoms with van der Waals surface area (Å²) in [6.07, 6.45) is 0.00155. The van der Waals surface area contributed by atoms with Gasteiger partial charge in [-0.2, -0.15) is 0 Å². The topological polar surface area (TPSA) is 68.3 Å². The van der Waals surface area contributed by atoms with E-state index in [0.29, 0.717) is 67.8 Å². The third kappa shape index (κ3) is 4.39. The molecule has 2 saturated heterocycles. The zero-order chi connectivity index (χ0) is 20.8. The summed E-state index contributed by atoms with van der Waals surface area (Å²) in [5, 5.41) is 0.469. The van der Waals surface area contributed by atoms with Gasteiger partial charge in [0.2, 0.25) is 5.91 Å². The minimum absolute atomic E-state index is 0.0657. The van der Waals surface area contributed by atoms with Gasteiger partial charge in [0.05, 0.1) is 11.4 Å². The van der Waals surface area contributed by atoms with E-state index in [0.717, 1.165) is 5.56 Å². The second kappa shape index (κ2) is 7.59. The Morgan fingerprint density at radius 2 is 1.69 bits per heavy atom. The lowest BCUT2D eigenvalue weighted by atomic mass is 10.0. The molecule has 29 heavy (non-hydrogen) atoms. The Hall–Kier alpha value is -2.15. The van der Waals surface area contributed by atoms with Gasteiger partial charge in [-0.3, -0.25) is 4.79 Å². The average molecular weight is 423 g/mol. The first-order valence-electron chi connectivity index (χ1n) is 10.0. The number of likely N-dealkylation sites (tertiary alicyclic amines) is 2. The Balaban J connectivity index is 1.34. The van der Waals surface area contributed by atoms with Crippen molar-refractivity contribution in [3.05, 3.63) is 22.7 Å². The first-order chi connectivity index (χ1) is 13.7. The molecule has 0 N–H and O–H groups in total. The molecule has 8 heteroatoms. The van der Waals surface area contributed by atoms with Crippen LogP contribution in [0.5, 0.6) is 11.5 Å². The SMILES string of the molecule is CC(C)(C)OC(=O)N1C[C@H]2CN(C(=O)Cc3cc(Cl)c4c(c3)OCCO4)C[C@H]2C1. The number of rotatable bonds is 2. The maximum absolute atomic E-state index is 12.8. The van der Waals surface area contributed by atoms with Crippen molar-refractivity contribution in [3.8, 4) is 11.5 Å². The third-order valence-corrected chi connectivity index (χ3v) is 5.78. The molecule has 2 atom stereocenters. The van der Waals surface area contributed by atoms with Crippen LogP contribution in [-0.4, -0.2) is 66.8 Å². The molecule has 0 aromatic heterocycles. The van der Waals surface area contributed by atoms with Crippen molar-refractivity contribution in [2.75, 3.05) is 39.4 Å². The van der Waals surface area contributed by atoms with Gasteiger partial charge in [-0.15, -0.1) is 0 Å². The van der Waals surface area contributed by atoms with Crippen molar-refractivity contribution in [2.24, 2.45) is 11.8 Å². The van der Waals surface area contributed by atoms with Crippen molar-refractivity contribution in [2.45, 2.75) is 32.8 Å². The summed E-state index contributed by atoms with van der Waals surface area (Å²) in [5.74, 6) is 1.81. The van der Waals surface area contributed by atoms with Crippen molar-refractivity contribution in [1.29, 1.82) is 0 Å². The summed E-state index contributed by atoms with van der Waals surface area (Å²) in [7, 11) is 0. The van der Waals surface area contributed by atoms with Crippen molar-refractivity contribution >= 4 is 23.6 Å². The molecular weight excluding hydrogens is 396 g/mol. The van der Waals surface area contributed by atoms with Gasteiger partial charge in [-0.05, 0) is 38.5 Å². The van der Waals surface area contributed by atoms with Crippen LogP contribution in [0.15, 0.2) is 12.1 Å². The molecule has 158 valence electrons. The van der Waals surface area contributed by atoms with Crippen LogP contribution in [-0.2, 0) is 16.0 Å². The van der Waals surface area contributed by atoms with Crippen LogP contribution in [0.4, 0.5) is 4.79 Å². The normalized spacial score (nSPS) is 23.2. The summed E-state index contributed by atoms with van der Waals surface area (Å²) >= 11 is 6.28. The van der Waals surface area contributed by atoms with Gasteiger partial charge in [0.25, 0.3) is 0 Å². The zero-order valence-corrected chi connectivity index (χ0v) is 17.8. The van der Waals surface area contributed by atoms with Gasteiger partial charge in [0.1, 0.15) is 18.8 Å². The van der Waals surface area contributed by atoms with Crippen molar-refractivity contribution < 1.29 is 23.8 Å². The van der Waals surface area contributed by atoms with Crippen LogP contribution in [0.1, 0.15) is 26.3 Å². The second-order valence-corrected chi connectivity index (χ2v) is 9.39. The molecule has 0 spiro atoms. The molecule has 0 saturated carbocycles. The van der Waals surface area contributed by atoms with Crippen LogP contribution in [0, 0.1) is 11.8 Å². The highest BCUT2D eigenvalue weighted by Crippen LogP contribution is 2.39. The van der Waals surface area contributed by atoms with E-state index in [-0.39, 0.29) is 18.4 Å². The maximum atomic E-state index is 12.8. The Bertz CT molecular complexity index is 808. The minimum Gasteiger partial charge on any atom is -0.486 e. The zero-order valence-electron chi connectivity index (χ0n) is 17.1. The monoisotopic (exact) mass is 422 g/mol. The number of benzene rings is 1. The lowest BCUT2D eigenvalue weighted by Crippen LogP contribution is -2.38. The predicted molar refractivity (Wildman–Crippen MR) is 108 cm³/mol. The molecule has 2 fully saturated rings. The average Bonchev–Trinajstić information content (AvgIpc) is 3.19. The van der Waals surface area contributed by atoms with E-state index in [1.54, 1.807) is 11.0 Å². The highest BCUT2D eigenvalue weighted by atomic mass is 35.5. The predicted octanol–water partition coefficient (Wildman–Crippen LogP) is 2.98. The van der Waals surface area contributed by atoms with E-state index >= 15 is 0 Å². The number of hydrogen-bond donors (Lipinski definition) is 0. The molecule has 3 aliphatic rings. The molecular formula is C21H27ClN2O5. The van der Waals surface area contributed by atoms with Gasteiger partial charge >= 0.3 is 6.09 Å². The first kappa shape index (κ1) is 20.1. The molecule has 0 bridgehead atoms. The maximum Gasteiger partial charge on any atom is 0.410 e. The fraction of sp³-hybridized carbons (Fsp3) is 0.619. The Kier molecular flexibility index (Phi) is 5.27. The van der Waals surface area contributed by atoms with E-state index in [1.165, 1.54) is 0 Å². The van der Waals surface area contributed by atoms with Crippen molar-refractivity contribution in [3.63, 3.8) is 0 Å². The van der Waals surface area contributed by atoms with Gasteiger partial charge in [0, 0.05) is 38.0 Å². The minimum atomic E-state index is -0.498. The lowest BCUT2D eigenvalue weighted by molar-refractivity contribution is -0.129. The molecule has 1 aromatic rings. The highest BCUT2D eigenvalue weighted by molar-refractivity contribution is 6.32. The number of carbonyl (C=O) groups excluding carboxylic acids is 2. The molecule has 4 rings (SSSR count). The van der Waals surface area contributed by atoms with Crippen LogP contribution < -0.4 is 9.47 Å². The summed E-state index contributed by atoms with van der Waals surface area (Å²) in [6.45, 7) is 9.16. The Morgan fingerprint density at radius 1 is 1.07 bits per heavy atom. The largest absolute Gasteiger partial charge is 0.486 e. The van der Waals surface area contributed by atoms with E-state index < -0.39 is 5.60 Å². The number of nitrogens with zero attached hydrogens (tertiary/aromatic N) is 2. The van der Waals surface area contributed by atoms with E-state index in [1.807, 2.05) is 31.7 Å². The van der Waals surface area contributed by atoms with E-state index in [9.17, 15) is 9.59 Å². The van der Waals surface area contributed by atoms with Crippen LogP contribution in [0.3, 0.4) is 0 Å². The first-order valence-corrected chi connectivity index (χ1v) is 10.4. The van der Waals surface area contributed by atoms with E-state index in [4.69, 9.17) is 25.8 Å². The molecule has 2 amide bonds. The van der Waals surface area contributed by atoms with Crippen LogP contribution >= 0.6 is 11.6 Å². The molecule has 0 aliphatic carbocycles. The van der Waals surface area contributed by atoms with E-state index in [2.05, 4.69) is 0 Å². The lowest BCUT2D eigenvalue weighted by Gasteiger charge is -2.26. The van der Waals surface area contributed by atoms with Gasteiger partial charge in [0.15, 0.2) is 11.5 Å². The Morgan fingerprint density at radius 3 is 2.34 bits per heavy atom. The number of hydrogen-bond acceptors (Lipinski definition) is 5. The molecule has 1 aromatic carbocycles. The Labute approximate surface area is 175 Å². The molecule has 0 unspecified atom stereocenters. The fourth-order valence-electron chi connectivity index (χ4n) is 4.23. The summed E-state index contributed by atoms with van der Waals surface area (Å²) < 4.78 is 16.6. The molecule has 0 radical (unpaired) electrons. The van der Waals surface area contributed by atoms with Gasteiger partial charge in [-0.1, -0.05) is 11.6 Å². The smallest absolute Gasteiger partial charge is 0.410 e. The fourth-order valence-corrected chi connectivity index (χ4v) is 4.51. The number of ether oxygens (including phenoxy) is 3. The highest BCUT2D eigenvalue weighted by Gasteiger charge is 2.43. The third-order valence-electron chi connectivity index (χ3n) is 5.50. The second-order valence-electron chi connectivity index (χ2n) is 8.98. The summed E-state index contributed by atoms with van der Waals surface area (Å²) in [4.78, 5) is 28.8. The summed E-state index contributed by atoms with van der Waals surface area (Å²) in [6, 6.07) is 3.60.